The lowest BCUT2D eigenvalue weighted by Gasteiger charge is -2.04. The highest BCUT2D eigenvalue weighted by atomic mass is 127. The Morgan fingerprint density at radius 1 is 1.64 bits per heavy atom. The predicted molar refractivity (Wildman–Crippen MR) is 63.7 cm³/mol. The van der Waals surface area contributed by atoms with E-state index in [2.05, 4.69) is 15.9 Å². The molecule has 0 fully saturated rings. The Morgan fingerprint density at radius 3 is 2.79 bits per heavy atom. The predicted octanol–water partition coefficient (Wildman–Crippen LogP) is 2.45. The number of hydrogen-bond donors (Lipinski definition) is 1. The van der Waals surface area contributed by atoms with Crippen LogP contribution in [-0.2, 0) is 0 Å². The van der Waals surface area contributed by atoms with E-state index in [9.17, 15) is 9.90 Å². The summed E-state index contributed by atoms with van der Waals surface area (Å²) in [4.78, 5) is 11.3. The molecule has 0 aliphatic carbocycles. The molecule has 72 valence electrons. The first-order chi connectivity index (χ1) is 6.61. The first-order valence-electron chi connectivity index (χ1n) is 3.62. The van der Waals surface area contributed by atoms with Crippen molar-refractivity contribution in [1.29, 1.82) is 5.26 Å². The fourth-order valence-corrected chi connectivity index (χ4v) is 2.02. The molecule has 1 rings (SSSR count). The van der Waals surface area contributed by atoms with Gasteiger partial charge in [-0.25, -0.2) is 0 Å². The SMILES string of the molecule is N#Cc1ccc(C(=O)CBr)c(I)c1O. The molecule has 0 heterocycles. The maximum atomic E-state index is 11.3. The Labute approximate surface area is 103 Å². The zero-order valence-corrected chi connectivity index (χ0v) is 10.7. The molecule has 1 aromatic rings. The number of hydrogen-bond acceptors (Lipinski definition) is 3. The lowest BCUT2D eigenvalue weighted by molar-refractivity contribution is 0.102. The molecular formula is C9H5BrINO2. The molecule has 3 nitrogen and oxygen atoms in total. The second-order valence-corrected chi connectivity index (χ2v) is 4.13. The number of aromatic hydroxyl groups is 1. The quantitative estimate of drug-likeness (QED) is 0.497. The van der Waals surface area contributed by atoms with Gasteiger partial charge in [0.1, 0.15) is 11.8 Å². The molecule has 0 radical (unpaired) electrons. The van der Waals surface area contributed by atoms with Crippen LogP contribution < -0.4 is 0 Å². The van der Waals surface area contributed by atoms with Gasteiger partial charge in [-0.1, -0.05) is 15.9 Å². The monoisotopic (exact) mass is 365 g/mol. The molecule has 0 aliphatic heterocycles. The standard InChI is InChI=1S/C9H5BrINO2/c10-3-7(13)6-2-1-5(4-12)9(14)8(6)11/h1-2,14H,3H2. The molecule has 1 aromatic carbocycles. The molecule has 0 atom stereocenters. The Balaban J connectivity index is 3.33. The third-order valence-electron chi connectivity index (χ3n) is 1.66. The summed E-state index contributed by atoms with van der Waals surface area (Å²) in [6, 6.07) is 4.83. The summed E-state index contributed by atoms with van der Waals surface area (Å²) in [6.07, 6.45) is 0. The summed E-state index contributed by atoms with van der Waals surface area (Å²) in [5, 5.41) is 18.4. The number of halogens is 2. The number of phenolic OH excluding ortho intramolecular Hbond substituents is 1. The van der Waals surface area contributed by atoms with Crippen LogP contribution in [0.1, 0.15) is 15.9 Å². The van der Waals surface area contributed by atoms with E-state index in [4.69, 9.17) is 5.26 Å². The molecule has 0 unspecified atom stereocenters. The van der Waals surface area contributed by atoms with E-state index in [0.29, 0.717) is 9.13 Å². The van der Waals surface area contributed by atoms with Crippen LogP contribution in [0.25, 0.3) is 0 Å². The van der Waals surface area contributed by atoms with Gasteiger partial charge < -0.3 is 5.11 Å². The highest BCUT2D eigenvalue weighted by Crippen LogP contribution is 2.27. The fraction of sp³-hybridized carbons (Fsp3) is 0.111. The van der Waals surface area contributed by atoms with Crippen LogP contribution >= 0.6 is 38.5 Å². The number of benzene rings is 1. The molecule has 0 aliphatic rings. The number of phenols is 1. The third kappa shape index (κ3) is 2.07. The number of Topliss-reactive ketones (excluding diaryl/α,β-unsaturated/α-hetero) is 1. The molecule has 0 saturated heterocycles. The number of nitriles is 1. The van der Waals surface area contributed by atoms with Gasteiger partial charge in [-0.15, -0.1) is 0 Å². The zero-order valence-electron chi connectivity index (χ0n) is 6.92. The first-order valence-corrected chi connectivity index (χ1v) is 5.82. The van der Waals surface area contributed by atoms with Gasteiger partial charge in [-0.2, -0.15) is 5.26 Å². The zero-order chi connectivity index (χ0) is 10.7. The summed E-state index contributed by atoms with van der Waals surface area (Å²) in [5.74, 6) is -0.242. The van der Waals surface area contributed by atoms with Crippen molar-refractivity contribution in [2.75, 3.05) is 5.33 Å². The van der Waals surface area contributed by atoms with E-state index in [-0.39, 0.29) is 22.4 Å². The molecule has 0 saturated carbocycles. The summed E-state index contributed by atoms with van der Waals surface area (Å²) in [6.45, 7) is 0. The molecule has 14 heavy (non-hydrogen) atoms. The van der Waals surface area contributed by atoms with Crippen LogP contribution in [-0.4, -0.2) is 16.2 Å². The average molecular weight is 366 g/mol. The van der Waals surface area contributed by atoms with E-state index in [1.165, 1.54) is 6.07 Å². The minimum absolute atomic E-state index is 0.116. The van der Waals surface area contributed by atoms with Gasteiger partial charge in [0.15, 0.2) is 5.78 Å². The number of carbonyl (C=O) groups is 1. The summed E-state index contributed by atoms with van der Waals surface area (Å²) in [7, 11) is 0. The van der Waals surface area contributed by atoms with Crippen molar-refractivity contribution in [1.82, 2.24) is 0 Å². The van der Waals surface area contributed by atoms with Gasteiger partial charge in [0.05, 0.1) is 14.5 Å². The Morgan fingerprint density at radius 2 is 2.29 bits per heavy atom. The van der Waals surface area contributed by atoms with Gasteiger partial charge in [0, 0.05) is 5.56 Å². The van der Waals surface area contributed by atoms with Crippen LogP contribution in [0.4, 0.5) is 0 Å². The van der Waals surface area contributed by atoms with E-state index >= 15 is 0 Å². The molecule has 5 heteroatoms. The van der Waals surface area contributed by atoms with E-state index < -0.39 is 0 Å². The minimum Gasteiger partial charge on any atom is -0.505 e. The van der Waals surface area contributed by atoms with Crippen LogP contribution in [0.2, 0.25) is 0 Å². The van der Waals surface area contributed by atoms with Crippen molar-refractivity contribution in [3.63, 3.8) is 0 Å². The second kappa shape index (κ2) is 4.75. The number of ketones is 1. The van der Waals surface area contributed by atoms with Crippen LogP contribution in [0.3, 0.4) is 0 Å². The number of nitrogens with zero attached hydrogens (tertiary/aromatic N) is 1. The fourth-order valence-electron chi connectivity index (χ4n) is 0.942. The summed E-state index contributed by atoms with van der Waals surface area (Å²) < 4.78 is 0.422. The van der Waals surface area contributed by atoms with Crippen molar-refractivity contribution in [2.24, 2.45) is 0 Å². The van der Waals surface area contributed by atoms with Gasteiger partial charge in [-0.3, -0.25) is 4.79 Å². The summed E-state index contributed by atoms with van der Waals surface area (Å²) >= 11 is 4.90. The van der Waals surface area contributed by atoms with Crippen LogP contribution in [0.5, 0.6) is 5.75 Å². The van der Waals surface area contributed by atoms with Crippen LogP contribution in [0.15, 0.2) is 12.1 Å². The lowest BCUT2D eigenvalue weighted by atomic mass is 10.1. The van der Waals surface area contributed by atoms with E-state index in [1.807, 2.05) is 28.7 Å². The van der Waals surface area contributed by atoms with Crippen molar-refractivity contribution < 1.29 is 9.90 Å². The van der Waals surface area contributed by atoms with Gasteiger partial charge >= 0.3 is 0 Å². The highest BCUT2D eigenvalue weighted by Gasteiger charge is 2.14. The van der Waals surface area contributed by atoms with Crippen molar-refractivity contribution in [3.8, 4) is 11.8 Å². The van der Waals surface area contributed by atoms with E-state index in [0.717, 1.165) is 0 Å². The molecule has 0 amide bonds. The van der Waals surface area contributed by atoms with Crippen molar-refractivity contribution in [3.05, 3.63) is 26.8 Å². The van der Waals surface area contributed by atoms with Crippen LogP contribution in [0, 0.1) is 14.9 Å². The molecule has 0 bridgehead atoms. The number of alkyl halides is 1. The average Bonchev–Trinajstić information content (AvgIpc) is 2.21. The Kier molecular flexibility index (Phi) is 3.89. The normalized spacial score (nSPS) is 9.50. The Hall–Kier alpha value is -0.610. The smallest absolute Gasteiger partial charge is 0.174 e. The van der Waals surface area contributed by atoms with Crippen molar-refractivity contribution >= 4 is 44.3 Å². The van der Waals surface area contributed by atoms with E-state index in [1.54, 1.807) is 6.07 Å². The summed E-state index contributed by atoms with van der Waals surface area (Å²) in [5.41, 5.74) is 0.611. The third-order valence-corrected chi connectivity index (χ3v) is 3.26. The first kappa shape index (κ1) is 11.5. The second-order valence-electron chi connectivity index (χ2n) is 2.49. The molecule has 0 spiro atoms. The number of carbonyl (C=O) groups excluding carboxylic acids is 1. The highest BCUT2D eigenvalue weighted by molar-refractivity contribution is 14.1. The molecule has 1 N–H and O–H groups in total. The van der Waals surface area contributed by atoms with Gasteiger partial charge in [0.25, 0.3) is 0 Å². The Bertz CT molecular complexity index is 426. The lowest BCUT2D eigenvalue weighted by Crippen LogP contribution is -2.03. The molecule has 0 aromatic heterocycles. The van der Waals surface area contributed by atoms with Gasteiger partial charge in [-0.05, 0) is 34.7 Å². The number of rotatable bonds is 2. The van der Waals surface area contributed by atoms with Crippen molar-refractivity contribution in [2.45, 2.75) is 0 Å². The maximum Gasteiger partial charge on any atom is 0.174 e. The van der Waals surface area contributed by atoms with Gasteiger partial charge in [0.2, 0.25) is 0 Å². The minimum atomic E-state index is -0.125. The largest absolute Gasteiger partial charge is 0.505 e. The molecular weight excluding hydrogens is 361 g/mol. The maximum absolute atomic E-state index is 11.3. The topological polar surface area (TPSA) is 61.1 Å².